The Kier molecular flexibility index (Phi) is 12.5. The van der Waals surface area contributed by atoms with Crippen LogP contribution in [-0.2, 0) is 16.0 Å². The summed E-state index contributed by atoms with van der Waals surface area (Å²) in [5, 5.41) is 6.70. The number of ether oxygens (including phenoxy) is 3. The van der Waals surface area contributed by atoms with Crippen LogP contribution in [0.2, 0.25) is 0 Å². The highest BCUT2D eigenvalue weighted by Gasteiger charge is 2.18. The summed E-state index contributed by atoms with van der Waals surface area (Å²) in [5.74, 6) is 1.73. The highest BCUT2D eigenvalue weighted by Crippen LogP contribution is 2.16. The molecule has 8 heteroatoms. The summed E-state index contributed by atoms with van der Waals surface area (Å²) in [6.45, 7) is 8.55. The first-order valence-corrected chi connectivity index (χ1v) is 11.4. The molecule has 176 valence electrons. The predicted molar refractivity (Wildman–Crippen MR) is 136 cm³/mol. The number of nitrogens with zero attached hydrogens (tertiary/aromatic N) is 2. The van der Waals surface area contributed by atoms with Gasteiger partial charge in [0.25, 0.3) is 0 Å². The smallest absolute Gasteiger partial charge is 0.191 e. The summed E-state index contributed by atoms with van der Waals surface area (Å²) in [5.41, 5.74) is 1.14. The molecule has 31 heavy (non-hydrogen) atoms. The van der Waals surface area contributed by atoms with E-state index in [1.54, 1.807) is 0 Å². The second-order valence-electron chi connectivity index (χ2n) is 8.03. The van der Waals surface area contributed by atoms with Crippen molar-refractivity contribution in [1.82, 2.24) is 15.5 Å². The minimum atomic E-state index is 0. The maximum absolute atomic E-state index is 6.01. The van der Waals surface area contributed by atoms with Gasteiger partial charge in [-0.05, 0) is 57.4 Å². The summed E-state index contributed by atoms with van der Waals surface area (Å²) in [6, 6.07) is 8.84. The first-order valence-electron chi connectivity index (χ1n) is 11.4. The van der Waals surface area contributed by atoms with Crippen molar-refractivity contribution in [2.24, 2.45) is 4.99 Å². The average molecular weight is 546 g/mol. The zero-order valence-electron chi connectivity index (χ0n) is 19.0. The summed E-state index contributed by atoms with van der Waals surface area (Å²) < 4.78 is 17.1. The Balaban J connectivity index is 0.00000341. The summed E-state index contributed by atoms with van der Waals surface area (Å²) in [7, 11) is 2.18. The minimum Gasteiger partial charge on any atom is -0.492 e. The van der Waals surface area contributed by atoms with Crippen molar-refractivity contribution in [3.05, 3.63) is 29.8 Å². The lowest BCUT2D eigenvalue weighted by Gasteiger charge is -2.31. The lowest BCUT2D eigenvalue weighted by Crippen LogP contribution is -2.41. The molecule has 1 aromatic rings. The maximum atomic E-state index is 6.01. The Bertz CT molecular complexity index is 649. The number of benzene rings is 1. The van der Waals surface area contributed by atoms with Crippen LogP contribution in [0.25, 0.3) is 0 Å². The second-order valence-corrected chi connectivity index (χ2v) is 8.03. The van der Waals surface area contributed by atoms with Crippen molar-refractivity contribution in [3.63, 3.8) is 0 Å². The minimum absolute atomic E-state index is 0. The van der Waals surface area contributed by atoms with Gasteiger partial charge in [0.1, 0.15) is 12.4 Å². The normalized spacial score (nSPS) is 19.8. The molecule has 0 spiro atoms. The van der Waals surface area contributed by atoms with E-state index in [9.17, 15) is 0 Å². The number of guanidine groups is 1. The van der Waals surface area contributed by atoms with Crippen LogP contribution in [0, 0.1) is 0 Å². The van der Waals surface area contributed by atoms with E-state index in [1.165, 1.54) is 0 Å². The van der Waals surface area contributed by atoms with Crippen LogP contribution in [-0.4, -0.2) is 76.1 Å². The van der Waals surface area contributed by atoms with Gasteiger partial charge in [-0.3, -0.25) is 4.90 Å². The predicted octanol–water partition coefficient (Wildman–Crippen LogP) is 3.03. The lowest BCUT2D eigenvalue weighted by molar-refractivity contribution is 0.0392. The molecule has 0 radical (unpaired) electrons. The van der Waals surface area contributed by atoms with Gasteiger partial charge < -0.3 is 24.8 Å². The third-order valence-corrected chi connectivity index (χ3v) is 5.71. The zero-order valence-corrected chi connectivity index (χ0v) is 21.3. The van der Waals surface area contributed by atoms with Gasteiger partial charge in [-0.1, -0.05) is 12.1 Å². The molecule has 0 aliphatic carbocycles. The van der Waals surface area contributed by atoms with Crippen molar-refractivity contribution >= 4 is 29.9 Å². The highest BCUT2D eigenvalue weighted by atomic mass is 127. The van der Waals surface area contributed by atoms with Crippen molar-refractivity contribution in [2.75, 3.05) is 53.1 Å². The molecule has 2 heterocycles. The van der Waals surface area contributed by atoms with Gasteiger partial charge in [0.05, 0.1) is 12.6 Å². The summed E-state index contributed by atoms with van der Waals surface area (Å²) in [6.07, 6.45) is 4.79. The van der Waals surface area contributed by atoms with Gasteiger partial charge in [0, 0.05) is 45.5 Å². The lowest BCUT2D eigenvalue weighted by atomic mass is 10.1. The van der Waals surface area contributed by atoms with E-state index in [-0.39, 0.29) is 24.0 Å². The first kappa shape index (κ1) is 26.2. The average Bonchev–Trinajstić information content (AvgIpc) is 3.30. The zero-order chi connectivity index (χ0) is 21.0. The molecule has 0 bridgehead atoms. The molecule has 7 nitrogen and oxygen atoms in total. The molecule has 2 saturated heterocycles. The highest BCUT2D eigenvalue weighted by molar-refractivity contribution is 14.0. The molecule has 0 amide bonds. The van der Waals surface area contributed by atoms with Crippen LogP contribution < -0.4 is 15.4 Å². The molecule has 2 fully saturated rings. The molecule has 1 unspecified atom stereocenters. The number of nitrogens with one attached hydrogen (secondary N) is 2. The van der Waals surface area contributed by atoms with E-state index in [0.717, 1.165) is 82.4 Å². The number of hydrogen-bond donors (Lipinski definition) is 2. The largest absolute Gasteiger partial charge is 0.492 e. The molecule has 0 saturated carbocycles. The topological polar surface area (TPSA) is 67.4 Å². The Morgan fingerprint density at radius 3 is 2.77 bits per heavy atom. The first-order chi connectivity index (χ1) is 14.7. The molecular formula is C23H39IN4O3. The molecule has 0 aromatic heterocycles. The second kappa shape index (κ2) is 14.9. The number of rotatable bonds is 10. The van der Waals surface area contributed by atoms with Crippen molar-refractivity contribution < 1.29 is 14.2 Å². The van der Waals surface area contributed by atoms with E-state index in [2.05, 4.69) is 41.6 Å². The molecule has 3 rings (SSSR count). The Labute approximate surface area is 204 Å². The van der Waals surface area contributed by atoms with Gasteiger partial charge in [-0.25, -0.2) is 4.99 Å². The van der Waals surface area contributed by atoms with Gasteiger partial charge in [-0.2, -0.15) is 0 Å². The number of halogens is 1. The monoisotopic (exact) mass is 546 g/mol. The number of aliphatic imine (C=N–C) groups is 1. The molecule has 2 aliphatic rings. The van der Waals surface area contributed by atoms with Crippen LogP contribution >= 0.6 is 24.0 Å². The van der Waals surface area contributed by atoms with Crippen LogP contribution in [0.4, 0.5) is 0 Å². The Morgan fingerprint density at radius 2 is 2.03 bits per heavy atom. The van der Waals surface area contributed by atoms with E-state index in [1.807, 2.05) is 12.1 Å². The maximum Gasteiger partial charge on any atom is 0.191 e. The summed E-state index contributed by atoms with van der Waals surface area (Å²) in [4.78, 5) is 7.11. The van der Waals surface area contributed by atoms with E-state index in [4.69, 9.17) is 19.2 Å². The van der Waals surface area contributed by atoms with Gasteiger partial charge in [0.2, 0.25) is 0 Å². The van der Waals surface area contributed by atoms with Crippen LogP contribution in [0.5, 0.6) is 5.75 Å². The van der Waals surface area contributed by atoms with Gasteiger partial charge in [0.15, 0.2) is 5.96 Å². The summed E-state index contributed by atoms with van der Waals surface area (Å²) >= 11 is 0. The van der Waals surface area contributed by atoms with Crippen LogP contribution in [0.15, 0.2) is 29.3 Å². The van der Waals surface area contributed by atoms with Crippen LogP contribution in [0.3, 0.4) is 0 Å². The molecule has 2 N–H and O–H groups in total. The fraction of sp³-hybridized carbons (Fsp3) is 0.696. The SMILES string of the molecule is CCNC(=NCc1cccc(OCCN(C)C2CCOCC2)c1)NCC1CCCO1.I. The number of likely N-dealkylation sites (N-methyl/N-ethyl adjacent to an activating group) is 1. The van der Waals surface area contributed by atoms with Crippen LogP contribution in [0.1, 0.15) is 38.2 Å². The molecule has 1 atom stereocenters. The molecule has 1 aromatic carbocycles. The van der Waals surface area contributed by atoms with E-state index >= 15 is 0 Å². The Morgan fingerprint density at radius 1 is 1.19 bits per heavy atom. The van der Waals surface area contributed by atoms with Gasteiger partial charge in [-0.15, -0.1) is 24.0 Å². The third kappa shape index (κ3) is 9.51. The van der Waals surface area contributed by atoms with E-state index in [0.29, 0.717) is 25.3 Å². The quantitative estimate of drug-likeness (QED) is 0.267. The number of hydrogen-bond acceptors (Lipinski definition) is 5. The third-order valence-electron chi connectivity index (χ3n) is 5.71. The fourth-order valence-electron chi connectivity index (χ4n) is 3.88. The van der Waals surface area contributed by atoms with Crippen molar-refractivity contribution in [3.8, 4) is 5.75 Å². The molecular weight excluding hydrogens is 507 g/mol. The standard InChI is InChI=1S/C23H38N4O3.HI/c1-3-24-23(26-18-22-8-5-12-29-22)25-17-19-6-4-7-21(16-19)30-15-11-27(2)20-9-13-28-14-10-20;/h4,6-7,16,20,22H,3,5,8-15,17-18H2,1-2H3,(H2,24,25,26);1H. The fourth-order valence-corrected chi connectivity index (χ4v) is 3.88. The van der Waals surface area contributed by atoms with Crippen molar-refractivity contribution in [1.29, 1.82) is 0 Å². The Hall–Kier alpha value is -1.10. The van der Waals surface area contributed by atoms with Crippen molar-refractivity contribution in [2.45, 2.75) is 51.3 Å². The van der Waals surface area contributed by atoms with Gasteiger partial charge >= 0.3 is 0 Å². The molecule has 2 aliphatic heterocycles. The van der Waals surface area contributed by atoms with E-state index < -0.39 is 0 Å².